The number of rotatable bonds is 5. The number of carbonyl (C=O) groups excluding carboxylic acids is 1. The molecule has 0 aromatic carbocycles. The van der Waals surface area contributed by atoms with Crippen molar-refractivity contribution in [3.05, 3.63) is 12.2 Å². The van der Waals surface area contributed by atoms with E-state index in [0.29, 0.717) is 13.0 Å². The van der Waals surface area contributed by atoms with Crippen LogP contribution in [0.4, 0.5) is 0 Å². The lowest BCUT2D eigenvalue weighted by Crippen LogP contribution is -2.02. The van der Waals surface area contributed by atoms with Crippen molar-refractivity contribution in [1.29, 1.82) is 0 Å². The zero-order valence-electron chi connectivity index (χ0n) is 7.30. The summed E-state index contributed by atoms with van der Waals surface area (Å²) < 4.78 is 4.75. The highest BCUT2D eigenvalue weighted by atomic mass is 16.5. The second kappa shape index (κ2) is 7.32. The van der Waals surface area contributed by atoms with E-state index in [-0.39, 0.29) is 5.97 Å². The SMILES string of the molecule is CCC=CCCC(=O)OCC. The lowest BCUT2D eigenvalue weighted by Gasteiger charge is -1.97. The first kappa shape index (κ1) is 10.2. The topological polar surface area (TPSA) is 26.3 Å². The third kappa shape index (κ3) is 7.10. The van der Waals surface area contributed by atoms with E-state index in [9.17, 15) is 4.79 Å². The van der Waals surface area contributed by atoms with Crippen LogP contribution in [-0.4, -0.2) is 12.6 Å². The molecule has 0 aromatic heterocycles. The van der Waals surface area contributed by atoms with Crippen LogP contribution in [0.5, 0.6) is 0 Å². The maximum Gasteiger partial charge on any atom is 0.306 e. The monoisotopic (exact) mass is 156 g/mol. The van der Waals surface area contributed by atoms with E-state index in [1.165, 1.54) is 0 Å². The van der Waals surface area contributed by atoms with Gasteiger partial charge in [-0.15, -0.1) is 0 Å². The van der Waals surface area contributed by atoms with Crippen LogP contribution in [0.15, 0.2) is 12.2 Å². The minimum atomic E-state index is -0.103. The normalized spacial score (nSPS) is 10.4. The standard InChI is InChI=1S/C9H16O2/c1-3-5-6-7-8-9(10)11-4-2/h5-6H,3-4,7-8H2,1-2H3. The number of hydrogen-bond acceptors (Lipinski definition) is 2. The Balaban J connectivity index is 3.24. The summed E-state index contributed by atoms with van der Waals surface area (Å²) in [5.41, 5.74) is 0. The molecule has 0 aliphatic rings. The molecule has 0 saturated heterocycles. The Labute approximate surface area is 68.2 Å². The Kier molecular flexibility index (Phi) is 6.79. The molecule has 0 fully saturated rings. The van der Waals surface area contributed by atoms with E-state index in [0.717, 1.165) is 12.8 Å². The molecule has 0 bridgehead atoms. The molecule has 0 unspecified atom stereocenters. The lowest BCUT2D eigenvalue weighted by atomic mass is 10.3. The molecule has 0 spiro atoms. The zero-order valence-corrected chi connectivity index (χ0v) is 7.30. The van der Waals surface area contributed by atoms with Gasteiger partial charge in [-0.1, -0.05) is 19.1 Å². The van der Waals surface area contributed by atoms with Crippen molar-refractivity contribution in [2.45, 2.75) is 33.1 Å². The lowest BCUT2D eigenvalue weighted by molar-refractivity contribution is -0.142. The van der Waals surface area contributed by atoms with Gasteiger partial charge in [-0.3, -0.25) is 4.79 Å². The van der Waals surface area contributed by atoms with E-state index in [2.05, 4.69) is 13.0 Å². The van der Waals surface area contributed by atoms with Crippen LogP contribution < -0.4 is 0 Å². The van der Waals surface area contributed by atoms with Gasteiger partial charge in [0.05, 0.1) is 6.61 Å². The van der Waals surface area contributed by atoms with Crippen molar-refractivity contribution in [2.24, 2.45) is 0 Å². The quantitative estimate of drug-likeness (QED) is 0.451. The molecule has 0 heterocycles. The molecule has 64 valence electrons. The fraction of sp³-hybridized carbons (Fsp3) is 0.667. The first-order chi connectivity index (χ1) is 5.31. The van der Waals surface area contributed by atoms with Gasteiger partial charge in [0.15, 0.2) is 0 Å². The van der Waals surface area contributed by atoms with E-state index >= 15 is 0 Å². The second-order valence-corrected chi connectivity index (χ2v) is 2.22. The van der Waals surface area contributed by atoms with Crippen LogP contribution in [0.1, 0.15) is 33.1 Å². The number of hydrogen-bond donors (Lipinski definition) is 0. The largest absolute Gasteiger partial charge is 0.466 e. The third-order valence-corrected chi connectivity index (χ3v) is 1.22. The molecule has 0 aromatic rings. The highest BCUT2D eigenvalue weighted by Gasteiger charge is 1.96. The predicted octanol–water partition coefficient (Wildman–Crippen LogP) is 2.30. The van der Waals surface area contributed by atoms with Gasteiger partial charge in [-0.25, -0.2) is 0 Å². The molecule has 2 nitrogen and oxygen atoms in total. The summed E-state index contributed by atoms with van der Waals surface area (Å²) in [5, 5.41) is 0. The van der Waals surface area contributed by atoms with Crippen LogP contribution in [-0.2, 0) is 9.53 Å². The molecule has 2 heteroatoms. The highest BCUT2D eigenvalue weighted by Crippen LogP contribution is 1.94. The number of ether oxygens (including phenoxy) is 1. The van der Waals surface area contributed by atoms with Gasteiger partial charge in [0.25, 0.3) is 0 Å². The Bertz CT molecular complexity index is 128. The van der Waals surface area contributed by atoms with Crippen molar-refractivity contribution >= 4 is 5.97 Å². The van der Waals surface area contributed by atoms with Gasteiger partial charge in [0, 0.05) is 6.42 Å². The van der Waals surface area contributed by atoms with Gasteiger partial charge in [0.2, 0.25) is 0 Å². The number of carbonyl (C=O) groups is 1. The summed E-state index contributed by atoms with van der Waals surface area (Å²) in [6, 6.07) is 0. The molecular weight excluding hydrogens is 140 g/mol. The highest BCUT2D eigenvalue weighted by molar-refractivity contribution is 5.69. The van der Waals surface area contributed by atoms with Crippen molar-refractivity contribution in [3.8, 4) is 0 Å². The summed E-state index contributed by atoms with van der Waals surface area (Å²) in [5.74, 6) is -0.103. The van der Waals surface area contributed by atoms with Crippen molar-refractivity contribution in [2.75, 3.05) is 6.61 Å². The smallest absolute Gasteiger partial charge is 0.306 e. The van der Waals surface area contributed by atoms with E-state index in [4.69, 9.17) is 4.74 Å². The second-order valence-electron chi connectivity index (χ2n) is 2.22. The Morgan fingerprint density at radius 3 is 2.64 bits per heavy atom. The average Bonchev–Trinajstić information content (AvgIpc) is 1.99. The summed E-state index contributed by atoms with van der Waals surface area (Å²) in [7, 11) is 0. The van der Waals surface area contributed by atoms with E-state index in [1.54, 1.807) is 0 Å². The van der Waals surface area contributed by atoms with Crippen LogP contribution in [0.2, 0.25) is 0 Å². The molecule has 0 N–H and O–H groups in total. The fourth-order valence-corrected chi connectivity index (χ4v) is 0.719. The van der Waals surface area contributed by atoms with Gasteiger partial charge in [0.1, 0.15) is 0 Å². The van der Waals surface area contributed by atoms with Gasteiger partial charge in [-0.05, 0) is 19.8 Å². The van der Waals surface area contributed by atoms with Crippen LogP contribution >= 0.6 is 0 Å². The third-order valence-electron chi connectivity index (χ3n) is 1.22. The summed E-state index contributed by atoms with van der Waals surface area (Å²) in [6.45, 7) is 4.37. The summed E-state index contributed by atoms with van der Waals surface area (Å²) >= 11 is 0. The van der Waals surface area contributed by atoms with Crippen LogP contribution in [0.25, 0.3) is 0 Å². The molecule has 0 aliphatic heterocycles. The van der Waals surface area contributed by atoms with Gasteiger partial charge in [-0.2, -0.15) is 0 Å². The van der Waals surface area contributed by atoms with Crippen molar-refractivity contribution in [3.63, 3.8) is 0 Å². The summed E-state index contributed by atoms with van der Waals surface area (Å²) in [6.07, 6.45) is 6.40. The van der Waals surface area contributed by atoms with Crippen molar-refractivity contribution < 1.29 is 9.53 Å². The average molecular weight is 156 g/mol. The fourth-order valence-electron chi connectivity index (χ4n) is 0.719. The molecular formula is C9H16O2. The molecule has 0 radical (unpaired) electrons. The molecule has 0 aliphatic carbocycles. The van der Waals surface area contributed by atoms with Crippen LogP contribution in [0.3, 0.4) is 0 Å². The zero-order chi connectivity index (χ0) is 8.53. The molecule has 0 amide bonds. The van der Waals surface area contributed by atoms with E-state index < -0.39 is 0 Å². The van der Waals surface area contributed by atoms with Crippen LogP contribution in [0, 0.1) is 0 Å². The maximum absolute atomic E-state index is 10.8. The Morgan fingerprint density at radius 2 is 2.09 bits per heavy atom. The number of esters is 1. The Hall–Kier alpha value is -0.790. The first-order valence-corrected chi connectivity index (χ1v) is 4.11. The minimum absolute atomic E-state index is 0.103. The molecule has 0 atom stereocenters. The molecule has 0 saturated carbocycles. The summed E-state index contributed by atoms with van der Waals surface area (Å²) in [4.78, 5) is 10.8. The van der Waals surface area contributed by atoms with Gasteiger partial charge >= 0.3 is 5.97 Å². The Morgan fingerprint density at radius 1 is 1.36 bits per heavy atom. The minimum Gasteiger partial charge on any atom is -0.466 e. The molecule has 0 rings (SSSR count). The van der Waals surface area contributed by atoms with Gasteiger partial charge < -0.3 is 4.74 Å². The number of allylic oxidation sites excluding steroid dienone is 2. The molecule has 11 heavy (non-hydrogen) atoms. The van der Waals surface area contributed by atoms with Crippen molar-refractivity contribution in [1.82, 2.24) is 0 Å². The predicted molar refractivity (Wildman–Crippen MR) is 45.3 cm³/mol. The van der Waals surface area contributed by atoms with E-state index in [1.807, 2.05) is 13.0 Å². The first-order valence-electron chi connectivity index (χ1n) is 4.11. The maximum atomic E-state index is 10.8.